The number of aromatic nitrogens is 2. The number of aliphatic hydroxyl groups excluding tert-OH is 1. The minimum atomic E-state index is -1.66. The molecule has 0 aromatic carbocycles. The van der Waals surface area contributed by atoms with Crippen molar-refractivity contribution in [3.05, 3.63) is 44.0 Å². The third-order valence-corrected chi connectivity index (χ3v) is 7.31. The van der Waals surface area contributed by atoms with E-state index in [2.05, 4.69) is 14.5 Å². The van der Waals surface area contributed by atoms with Crippen LogP contribution in [0.25, 0.3) is 4.85 Å². The van der Waals surface area contributed by atoms with Crippen molar-refractivity contribution in [1.82, 2.24) is 14.2 Å². The fourth-order valence-electron chi connectivity index (χ4n) is 3.69. The molecule has 34 heavy (non-hydrogen) atoms. The van der Waals surface area contributed by atoms with E-state index in [9.17, 15) is 14.7 Å². The third-order valence-electron chi connectivity index (χ3n) is 5.18. The molecule has 0 radical (unpaired) electrons. The van der Waals surface area contributed by atoms with Gasteiger partial charge in [0.1, 0.15) is 18.8 Å². The SMILES string of the molecule is [2H]C[C@H]1O[C@@H](n2cc(C)c(=O)[nH]c2=O)[C@H](OCCCO)[C@@H]1OP(OCC[N+]#[C-])N(C(C)C)C(C)C. The first-order valence-electron chi connectivity index (χ1n) is 12.1. The van der Waals surface area contributed by atoms with Crippen molar-refractivity contribution in [2.24, 2.45) is 0 Å². The quantitative estimate of drug-likeness (QED) is 0.240. The molecular weight excluding hydrogens is 463 g/mol. The Labute approximate surface area is 203 Å². The van der Waals surface area contributed by atoms with Crippen LogP contribution in [-0.4, -0.2) is 76.1 Å². The predicted molar refractivity (Wildman–Crippen MR) is 128 cm³/mol. The van der Waals surface area contributed by atoms with Gasteiger partial charge < -0.3 is 28.5 Å². The summed E-state index contributed by atoms with van der Waals surface area (Å²) in [6.45, 7) is 17.0. The second kappa shape index (κ2) is 13.4. The fraction of sp³-hybridized carbons (Fsp3) is 0.773. The average molecular weight is 502 g/mol. The Kier molecular flexibility index (Phi) is 10.7. The number of nitrogens with zero attached hydrogens (tertiary/aromatic N) is 3. The molecule has 0 bridgehead atoms. The van der Waals surface area contributed by atoms with E-state index in [1.807, 2.05) is 27.7 Å². The topological polar surface area (TPSA) is 120 Å². The fourth-order valence-corrected chi connectivity index (χ4v) is 5.45. The van der Waals surface area contributed by atoms with Crippen molar-refractivity contribution in [2.45, 2.75) is 84.6 Å². The van der Waals surface area contributed by atoms with Crippen molar-refractivity contribution < 1.29 is 25.0 Å². The number of aliphatic hydroxyl groups is 1. The van der Waals surface area contributed by atoms with Gasteiger partial charge in [0.25, 0.3) is 14.1 Å². The molecule has 11 nitrogen and oxygen atoms in total. The lowest BCUT2D eigenvalue weighted by atomic mass is 10.1. The van der Waals surface area contributed by atoms with Gasteiger partial charge in [0.15, 0.2) is 6.23 Å². The van der Waals surface area contributed by atoms with Gasteiger partial charge in [-0.2, -0.15) is 0 Å². The van der Waals surface area contributed by atoms with Crippen LogP contribution in [0.5, 0.6) is 0 Å². The highest BCUT2D eigenvalue weighted by molar-refractivity contribution is 7.44. The number of ether oxygens (including phenoxy) is 2. The molecule has 1 aliphatic rings. The summed E-state index contributed by atoms with van der Waals surface area (Å²) in [6.07, 6.45) is -1.51. The monoisotopic (exact) mass is 501 g/mol. The highest BCUT2D eigenvalue weighted by Gasteiger charge is 2.48. The van der Waals surface area contributed by atoms with E-state index in [1.165, 1.54) is 10.8 Å². The summed E-state index contributed by atoms with van der Waals surface area (Å²) in [5.74, 6) is 0. The van der Waals surface area contributed by atoms with Crippen LogP contribution >= 0.6 is 8.53 Å². The van der Waals surface area contributed by atoms with Crippen LogP contribution in [0, 0.1) is 13.5 Å². The van der Waals surface area contributed by atoms with Gasteiger partial charge in [-0.3, -0.25) is 14.3 Å². The van der Waals surface area contributed by atoms with Gasteiger partial charge in [-0.05, 0) is 47.9 Å². The molecule has 2 rings (SSSR count). The number of rotatable bonds is 13. The van der Waals surface area contributed by atoms with E-state index in [0.717, 1.165) is 0 Å². The Morgan fingerprint density at radius 2 is 2.03 bits per heavy atom. The van der Waals surface area contributed by atoms with Gasteiger partial charge in [-0.15, -0.1) is 0 Å². The van der Waals surface area contributed by atoms with Gasteiger partial charge >= 0.3 is 5.69 Å². The summed E-state index contributed by atoms with van der Waals surface area (Å²) in [6, 6.07) is 0.139. The molecule has 1 fully saturated rings. The van der Waals surface area contributed by atoms with Crippen LogP contribution in [-0.2, 0) is 18.5 Å². The minimum absolute atomic E-state index is 0.0693. The molecule has 1 unspecified atom stereocenters. The maximum absolute atomic E-state index is 12.6. The first-order chi connectivity index (χ1) is 16.7. The molecule has 1 aliphatic heterocycles. The number of aryl methyl sites for hydroxylation is 1. The lowest BCUT2D eigenvalue weighted by Gasteiger charge is -2.37. The largest absolute Gasteiger partial charge is 0.396 e. The molecular formula is C22H37N4O7P. The maximum atomic E-state index is 12.6. The van der Waals surface area contributed by atoms with Crippen molar-refractivity contribution in [3.8, 4) is 0 Å². The van der Waals surface area contributed by atoms with Crippen LogP contribution in [0.3, 0.4) is 0 Å². The molecule has 192 valence electrons. The molecule has 0 amide bonds. The second-order valence-electron chi connectivity index (χ2n) is 8.55. The Balaban J connectivity index is 2.46. The highest BCUT2D eigenvalue weighted by Crippen LogP contribution is 2.50. The van der Waals surface area contributed by atoms with Crippen molar-refractivity contribution >= 4 is 8.53 Å². The normalized spacial score (nSPS) is 24.1. The maximum Gasteiger partial charge on any atom is 0.330 e. The second-order valence-corrected chi connectivity index (χ2v) is 9.95. The zero-order valence-electron chi connectivity index (χ0n) is 21.5. The molecule has 5 atom stereocenters. The number of hydrogen-bond donors (Lipinski definition) is 2. The Hall–Kier alpha value is -1.64. The van der Waals surface area contributed by atoms with Crippen LogP contribution in [0.4, 0.5) is 0 Å². The molecule has 1 saturated heterocycles. The van der Waals surface area contributed by atoms with Gasteiger partial charge in [0.2, 0.25) is 6.54 Å². The number of H-pyrrole nitrogens is 1. The van der Waals surface area contributed by atoms with E-state index in [-0.39, 0.29) is 45.3 Å². The lowest BCUT2D eigenvalue weighted by Crippen LogP contribution is -2.42. The van der Waals surface area contributed by atoms with Crippen LogP contribution in [0.2, 0.25) is 0 Å². The minimum Gasteiger partial charge on any atom is -0.396 e. The molecule has 1 aromatic rings. The summed E-state index contributed by atoms with van der Waals surface area (Å²) in [5, 5.41) is 9.24. The van der Waals surface area contributed by atoms with Gasteiger partial charge in [-0.1, -0.05) is 0 Å². The highest BCUT2D eigenvalue weighted by atomic mass is 31.2. The summed E-state index contributed by atoms with van der Waals surface area (Å²) in [7, 11) is -1.66. The lowest BCUT2D eigenvalue weighted by molar-refractivity contribution is -0.0705. The zero-order valence-corrected chi connectivity index (χ0v) is 21.4. The van der Waals surface area contributed by atoms with E-state index in [0.29, 0.717) is 12.0 Å². The number of nitrogens with one attached hydrogen (secondary N) is 1. The number of aromatic amines is 1. The van der Waals surface area contributed by atoms with E-state index >= 15 is 0 Å². The first kappa shape index (κ1) is 27.0. The van der Waals surface area contributed by atoms with Crippen LogP contribution in [0.1, 0.15) is 54.2 Å². The zero-order chi connectivity index (χ0) is 26.1. The predicted octanol–water partition coefficient (Wildman–Crippen LogP) is 2.20. The molecule has 1 aromatic heterocycles. The van der Waals surface area contributed by atoms with Crippen molar-refractivity contribution in [1.29, 1.82) is 0 Å². The molecule has 12 heteroatoms. The number of hydrogen-bond acceptors (Lipinski definition) is 8. The summed E-state index contributed by atoms with van der Waals surface area (Å²) >= 11 is 0. The van der Waals surface area contributed by atoms with E-state index in [1.54, 1.807) is 6.92 Å². The van der Waals surface area contributed by atoms with Gasteiger partial charge in [0.05, 0.1) is 6.10 Å². The summed E-state index contributed by atoms with van der Waals surface area (Å²) in [4.78, 5) is 30.1. The molecule has 0 aliphatic carbocycles. The van der Waals surface area contributed by atoms with Crippen LogP contribution in [0.15, 0.2) is 15.8 Å². The molecule has 2 heterocycles. The Morgan fingerprint density at radius 1 is 1.32 bits per heavy atom. The standard InChI is InChI=1S/C22H37N4O7P/c1-14(2)26(15(3)4)34(31-12-9-23-7)33-18-17(6)32-21(19(18)30-11-8-10-27)25-13-16(5)20(28)24-22(25)29/h13-15,17-19,21,27H,8-12H2,1-6H3,(H,24,28,29)/t17-,18-,19-,21-,34?/m1/s1/i6D. The molecule has 0 spiro atoms. The summed E-state index contributed by atoms with van der Waals surface area (Å²) in [5.41, 5.74) is -0.829. The van der Waals surface area contributed by atoms with E-state index < -0.39 is 44.3 Å². The first-order valence-corrected chi connectivity index (χ1v) is 12.5. The smallest absolute Gasteiger partial charge is 0.330 e. The average Bonchev–Trinajstić information content (AvgIpc) is 3.13. The molecule has 0 saturated carbocycles. The third kappa shape index (κ3) is 7.18. The Morgan fingerprint density at radius 3 is 2.62 bits per heavy atom. The summed E-state index contributed by atoms with van der Waals surface area (Å²) < 4.78 is 36.0. The van der Waals surface area contributed by atoms with Crippen molar-refractivity contribution in [3.63, 3.8) is 0 Å². The van der Waals surface area contributed by atoms with Crippen molar-refractivity contribution in [2.75, 3.05) is 26.4 Å². The van der Waals surface area contributed by atoms with Crippen LogP contribution < -0.4 is 11.2 Å². The van der Waals surface area contributed by atoms with Gasteiger partial charge in [-0.25, -0.2) is 16.0 Å². The van der Waals surface area contributed by atoms with E-state index in [4.69, 9.17) is 26.5 Å². The van der Waals surface area contributed by atoms with Gasteiger partial charge in [0, 0.05) is 38.4 Å². The Bertz CT molecular complexity index is 943. The molecule has 2 N–H and O–H groups in total.